The fraction of sp³-hybridized carbons (Fsp3) is 0.533. The van der Waals surface area contributed by atoms with Crippen LogP contribution >= 0.6 is 11.6 Å². The van der Waals surface area contributed by atoms with Crippen molar-refractivity contribution in [2.24, 2.45) is 5.41 Å². The predicted octanol–water partition coefficient (Wildman–Crippen LogP) is 3.55. The van der Waals surface area contributed by atoms with Crippen molar-refractivity contribution in [3.8, 4) is 11.4 Å². The SMILES string of the molecule is CCC1(Cn2nnnc2-c2cccc(N)c2Cl)CCCC1. The number of aromatic nitrogens is 4. The molecule has 3 rings (SSSR count). The van der Waals surface area contributed by atoms with E-state index in [9.17, 15) is 0 Å². The molecule has 21 heavy (non-hydrogen) atoms. The zero-order chi connectivity index (χ0) is 14.9. The monoisotopic (exact) mass is 305 g/mol. The van der Waals surface area contributed by atoms with Gasteiger partial charge in [-0.2, -0.15) is 0 Å². The van der Waals surface area contributed by atoms with Crippen LogP contribution in [0.25, 0.3) is 11.4 Å². The van der Waals surface area contributed by atoms with Crippen molar-refractivity contribution < 1.29 is 0 Å². The second-order valence-corrected chi connectivity index (χ2v) is 6.31. The maximum absolute atomic E-state index is 6.31. The number of anilines is 1. The van der Waals surface area contributed by atoms with E-state index in [-0.39, 0.29) is 0 Å². The van der Waals surface area contributed by atoms with Gasteiger partial charge in [0.25, 0.3) is 0 Å². The van der Waals surface area contributed by atoms with Gasteiger partial charge < -0.3 is 5.73 Å². The Morgan fingerprint density at radius 1 is 1.33 bits per heavy atom. The van der Waals surface area contributed by atoms with E-state index >= 15 is 0 Å². The largest absolute Gasteiger partial charge is 0.398 e. The lowest BCUT2D eigenvalue weighted by atomic mass is 9.83. The minimum atomic E-state index is 0.316. The average molecular weight is 306 g/mol. The van der Waals surface area contributed by atoms with Gasteiger partial charge in [0.05, 0.1) is 17.3 Å². The Kier molecular flexibility index (Phi) is 3.85. The van der Waals surface area contributed by atoms with Gasteiger partial charge >= 0.3 is 0 Å². The molecule has 0 bridgehead atoms. The number of nitrogen functional groups attached to an aromatic ring is 1. The first-order valence-electron chi connectivity index (χ1n) is 7.46. The van der Waals surface area contributed by atoms with Crippen LogP contribution in [0.3, 0.4) is 0 Å². The third kappa shape index (κ3) is 2.62. The van der Waals surface area contributed by atoms with Gasteiger partial charge in [-0.25, -0.2) is 4.68 Å². The molecule has 0 aliphatic heterocycles. The summed E-state index contributed by atoms with van der Waals surface area (Å²) in [5, 5.41) is 12.7. The maximum Gasteiger partial charge on any atom is 0.183 e. The second kappa shape index (κ2) is 5.64. The molecule has 0 unspecified atom stereocenters. The quantitative estimate of drug-likeness (QED) is 0.877. The summed E-state index contributed by atoms with van der Waals surface area (Å²) < 4.78 is 1.88. The van der Waals surface area contributed by atoms with E-state index in [1.54, 1.807) is 6.07 Å². The van der Waals surface area contributed by atoms with Crippen LogP contribution in [-0.4, -0.2) is 20.2 Å². The topological polar surface area (TPSA) is 69.6 Å². The van der Waals surface area contributed by atoms with E-state index in [4.69, 9.17) is 17.3 Å². The number of benzene rings is 1. The number of hydrogen-bond acceptors (Lipinski definition) is 4. The Labute approximate surface area is 129 Å². The Bertz CT molecular complexity index is 631. The van der Waals surface area contributed by atoms with Crippen LogP contribution in [0, 0.1) is 5.41 Å². The molecular weight excluding hydrogens is 286 g/mol. The zero-order valence-corrected chi connectivity index (χ0v) is 13.0. The Balaban J connectivity index is 1.96. The van der Waals surface area contributed by atoms with Gasteiger partial charge in [0.1, 0.15) is 0 Å². The van der Waals surface area contributed by atoms with Crippen molar-refractivity contribution in [1.82, 2.24) is 20.2 Å². The second-order valence-electron chi connectivity index (χ2n) is 5.93. The summed E-state index contributed by atoms with van der Waals surface area (Å²) >= 11 is 6.31. The number of tetrazole rings is 1. The molecule has 0 spiro atoms. The molecule has 2 N–H and O–H groups in total. The molecule has 1 aliphatic rings. The molecule has 1 aliphatic carbocycles. The molecule has 6 heteroatoms. The summed E-state index contributed by atoms with van der Waals surface area (Å²) in [7, 11) is 0. The van der Waals surface area contributed by atoms with E-state index < -0.39 is 0 Å². The molecule has 2 aromatic rings. The first-order valence-corrected chi connectivity index (χ1v) is 7.83. The molecule has 0 radical (unpaired) electrons. The smallest absolute Gasteiger partial charge is 0.183 e. The van der Waals surface area contributed by atoms with Gasteiger partial charge in [-0.15, -0.1) is 5.10 Å². The molecule has 1 fully saturated rings. The van der Waals surface area contributed by atoms with Gasteiger partial charge in [0.2, 0.25) is 0 Å². The highest BCUT2D eigenvalue weighted by atomic mass is 35.5. The molecule has 1 saturated carbocycles. The van der Waals surface area contributed by atoms with E-state index in [0.717, 1.165) is 18.5 Å². The molecule has 0 saturated heterocycles. The minimum absolute atomic E-state index is 0.316. The Hall–Kier alpha value is -1.62. The van der Waals surface area contributed by atoms with E-state index in [1.165, 1.54) is 25.7 Å². The summed E-state index contributed by atoms with van der Waals surface area (Å²) in [6, 6.07) is 5.57. The highest BCUT2D eigenvalue weighted by Gasteiger charge is 2.33. The number of nitrogens with zero attached hydrogens (tertiary/aromatic N) is 4. The molecule has 0 amide bonds. The van der Waals surface area contributed by atoms with Crippen molar-refractivity contribution >= 4 is 17.3 Å². The summed E-state index contributed by atoms with van der Waals surface area (Å²) in [6.07, 6.45) is 6.23. The van der Waals surface area contributed by atoms with Crippen LogP contribution in [-0.2, 0) is 6.54 Å². The van der Waals surface area contributed by atoms with Gasteiger partial charge in [0, 0.05) is 5.56 Å². The van der Waals surface area contributed by atoms with Crippen LogP contribution in [0.1, 0.15) is 39.0 Å². The minimum Gasteiger partial charge on any atom is -0.398 e. The molecule has 1 heterocycles. The summed E-state index contributed by atoms with van der Waals surface area (Å²) in [6.45, 7) is 3.10. The molecular formula is C15H20ClN5. The number of nitrogens with two attached hydrogens (primary N) is 1. The van der Waals surface area contributed by atoms with Gasteiger partial charge in [0.15, 0.2) is 5.82 Å². The summed E-state index contributed by atoms with van der Waals surface area (Å²) in [5.41, 5.74) is 7.55. The highest BCUT2D eigenvalue weighted by molar-refractivity contribution is 6.35. The zero-order valence-electron chi connectivity index (χ0n) is 12.2. The maximum atomic E-state index is 6.31. The highest BCUT2D eigenvalue weighted by Crippen LogP contribution is 2.43. The molecule has 112 valence electrons. The summed E-state index contributed by atoms with van der Waals surface area (Å²) in [4.78, 5) is 0. The van der Waals surface area contributed by atoms with Crippen LogP contribution in [0.15, 0.2) is 18.2 Å². The average Bonchev–Trinajstić information content (AvgIpc) is 3.13. The molecule has 1 aromatic carbocycles. The van der Waals surface area contributed by atoms with Crippen molar-refractivity contribution in [1.29, 1.82) is 0 Å². The number of rotatable bonds is 4. The van der Waals surface area contributed by atoms with E-state index in [2.05, 4.69) is 22.4 Å². The first kappa shape index (κ1) is 14.3. The van der Waals surface area contributed by atoms with Crippen molar-refractivity contribution in [2.75, 3.05) is 5.73 Å². The van der Waals surface area contributed by atoms with Crippen LogP contribution < -0.4 is 5.73 Å². The Morgan fingerprint density at radius 2 is 2.10 bits per heavy atom. The lowest BCUT2D eigenvalue weighted by Gasteiger charge is -2.27. The molecule has 1 aromatic heterocycles. The first-order chi connectivity index (χ1) is 10.2. The number of halogens is 1. The predicted molar refractivity (Wildman–Crippen MR) is 83.9 cm³/mol. The normalized spacial score (nSPS) is 17.2. The van der Waals surface area contributed by atoms with E-state index in [1.807, 2.05) is 16.8 Å². The lowest BCUT2D eigenvalue weighted by Crippen LogP contribution is -2.24. The Morgan fingerprint density at radius 3 is 2.81 bits per heavy atom. The number of hydrogen-bond donors (Lipinski definition) is 1. The van der Waals surface area contributed by atoms with Crippen LogP contribution in [0.2, 0.25) is 5.02 Å². The lowest BCUT2D eigenvalue weighted by molar-refractivity contribution is 0.226. The van der Waals surface area contributed by atoms with Gasteiger partial charge in [-0.1, -0.05) is 37.4 Å². The standard InChI is InChI=1S/C15H20ClN5/c1-2-15(8-3-4-9-15)10-21-14(18-19-20-21)11-6-5-7-12(17)13(11)16/h5-7H,2-4,8-10,17H2,1H3. The van der Waals surface area contributed by atoms with Gasteiger partial charge in [-0.05, 0) is 47.2 Å². The van der Waals surface area contributed by atoms with Crippen molar-refractivity contribution in [2.45, 2.75) is 45.6 Å². The third-order valence-corrected chi connectivity index (χ3v) is 5.12. The van der Waals surface area contributed by atoms with Gasteiger partial charge in [-0.3, -0.25) is 0 Å². The summed E-state index contributed by atoms with van der Waals surface area (Å²) in [5.74, 6) is 0.701. The molecule has 5 nitrogen and oxygen atoms in total. The van der Waals surface area contributed by atoms with Crippen molar-refractivity contribution in [3.05, 3.63) is 23.2 Å². The van der Waals surface area contributed by atoms with Crippen molar-refractivity contribution in [3.63, 3.8) is 0 Å². The fourth-order valence-corrected chi connectivity index (χ4v) is 3.50. The third-order valence-electron chi connectivity index (χ3n) is 4.70. The van der Waals surface area contributed by atoms with Crippen LogP contribution in [0.4, 0.5) is 5.69 Å². The van der Waals surface area contributed by atoms with Crippen LogP contribution in [0.5, 0.6) is 0 Å². The fourth-order valence-electron chi connectivity index (χ4n) is 3.29. The molecule has 0 atom stereocenters. The van der Waals surface area contributed by atoms with E-state index in [0.29, 0.717) is 21.9 Å².